The van der Waals surface area contributed by atoms with Crippen molar-refractivity contribution in [1.29, 1.82) is 0 Å². The summed E-state index contributed by atoms with van der Waals surface area (Å²) in [5.74, 6) is -2.89. The molecule has 0 amide bonds. The number of carbonyl (C=O) groups excluding carboxylic acids is 2. The fraction of sp³-hybridized carbons (Fsp3) is 0.571. The van der Waals surface area contributed by atoms with Gasteiger partial charge in [-0.3, -0.25) is 4.79 Å². The van der Waals surface area contributed by atoms with Crippen LogP contribution in [0.25, 0.3) is 0 Å². The van der Waals surface area contributed by atoms with E-state index in [0.29, 0.717) is 0 Å². The van der Waals surface area contributed by atoms with Gasteiger partial charge in [0.25, 0.3) is 0 Å². The van der Waals surface area contributed by atoms with Crippen molar-refractivity contribution < 1.29 is 28.0 Å². The normalized spacial score (nSPS) is 14.3. The third-order valence-electron chi connectivity index (χ3n) is 1.55. The third-order valence-corrected chi connectivity index (χ3v) is 3.10. The number of oxime groups is 1. The second-order valence-electron chi connectivity index (χ2n) is 2.81. The third kappa shape index (κ3) is 4.15. The van der Waals surface area contributed by atoms with Crippen LogP contribution in [-0.4, -0.2) is 48.7 Å². The minimum atomic E-state index is -3.60. The minimum absolute atomic E-state index is 0.582. The Morgan fingerprint density at radius 2 is 2.00 bits per heavy atom. The lowest BCUT2D eigenvalue weighted by molar-refractivity contribution is -0.137. The second-order valence-corrected chi connectivity index (χ2v) is 5.40. The van der Waals surface area contributed by atoms with Crippen LogP contribution in [0, 0.1) is 0 Å². The van der Waals surface area contributed by atoms with Crippen LogP contribution in [0.5, 0.6) is 0 Å². The van der Waals surface area contributed by atoms with E-state index >= 15 is 0 Å². The molecule has 1 atom stereocenters. The van der Waals surface area contributed by atoms with Gasteiger partial charge in [-0.2, -0.15) is 0 Å². The molecule has 9 heteroatoms. The first kappa shape index (κ1) is 14.8. The van der Waals surface area contributed by atoms with Crippen molar-refractivity contribution in [3.8, 4) is 0 Å². The van der Waals surface area contributed by atoms with Gasteiger partial charge in [-0.05, 0) is 6.92 Å². The minimum Gasteiger partial charge on any atom is -0.441 e. The Hall–Kier alpha value is -1.15. The van der Waals surface area contributed by atoms with E-state index in [4.69, 9.17) is 16.8 Å². The standard InChI is InChI=1S/C7H10ClNO6S/c1-4(16(2,13)14)15-7(11)6(9-12)5(10)3-8/h4,12H,3H2,1-2H3. The molecule has 0 fully saturated rings. The Balaban J connectivity index is 4.77. The average Bonchev–Trinajstić information content (AvgIpc) is 2.16. The summed E-state index contributed by atoms with van der Waals surface area (Å²) in [6.45, 7) is 1.10. The molecule has 0 aromatic rings. The predicted octanol–water partition coefficient (Wildman–Crippen LogP) is -0.442. The van der Waals surface area contributed by atoms with Gasteiger partial charge in [-0.15, -0.1) is 11.6 Å². The van der Waals surface area contributed by atoms with Crippen LogP contribution in [0.2, 0.25) is 0 Å². The number of Topliss-reactive ketones (excluding diaryl/α,β-unsaturated/α-hetero) is 1. The summed E-state index contributed by atoms with van der Waals surface area (Å²) in [6, 6.07) is 0. The molecule has 0 rings (SSSR count). The highest BCUT2D eigenvalue weighted by molar-refractivity contribution is 7.91. The average molecular weight is 272 g/mol. The van der Waals surface area contributed by atoms with E-state index in [1.54, 1.807) is 0 Å². The summed E-state index contributed by atoms with van der Waals surface area (Å²) in [6.07, 6.45) is 0.851. The lowest BCUT2D eigenvalue weighted by Crippen LogP contribution is -2.32. The molecule has 0 bridgehead atoms. The van der Waals surface area contributed by atoms with Crippen molar-refractivity contribution in [3.05, 3.63) is 0 Å². The summed E-state index contributed by atoms with van der Waals surface area (Å²) in [4.78, 5) is 22.1. The van der Waals surface area contributed by atoms with E-state index in [9.17, 15) is 18.0 Å². The van der Waals surface area contributed by atoms with E-state index in [0.717, 1.165) is 13.2 Å². The number of rotatable bonds is 5. The molecule has 0 saturated carbocycles. The number of alkyl halides is 1. The molecule has 0 aromatic heterocycles. The zero-order valence-electron chi connectivity index (χ0n) is 8.51. The van der Waals surface area contributed by atoms with Crippen molar-refractivity contribution in [2.75, 3.05) is 12.1 Å². The maximum atomic E-state index is 11.2. The van der Waals surface area contributed by atoms with Gasteiger partial charge in [-0.25, -0.2) is 13.2 Å². The van der Waals surface area contributed by atoms with Gasteiger partial charge < -0.3 is 9.94 Å². The predicted molar refractivity (Wildman–Crippen MR) is 55.3 cm³/mol. The Morgan fingerprint density at radius 1 is 1.50 bits per heavy atom. The summed E-state index contributed by atoms with van der Waals surface area (Å²) >= 11 is 5.13. The lowest BCUT2D eigenvalue weighted by atomic mass is 10.3. The SMILES string of the molecule is CC(OC(=O)C(=NO)C(=O)CCl)S(C)(=O)=O. The molecule has 0 saturated heterocycles. The zero-order chi connectivity index (χ0) is 12.9. The number of halogens is 1. The number of esters is 1. The first-order chi connectivity index (χ1) is 7.23. The first-order valence-corrected chi connectivity index (χ1v) is 6.44. The number of carbonyl (C=O) groups is 2. The van der Waals surface area contributed by atoms with Crippen LogP contribution in [-0.2, 0) is 24.2 Å². The summed E-state index contributed by atoms with van der Waals surface area (Å²) in [5.41, 5.74) is -2.38. The molecular formula is C7H10ClNO6S. The number of ketones is 1. The summed E-state index contributed by atoms with van der Waals surface area (Å²) in [7, 11) is -3.60. The lowest BCUT2D eigenvalue weighted by Gasteiger charge is -2.10. The fourth-order valence-corrected chi connectivity index (χ4v) is 0.956. The maximum absolute atomic E-state index is 11.2. The summed E-state index contributed by atoms with van der Waals surface area (Å²) in [5, 5.41) is 10.8. The Labute approximate surface area is 96.9 Å². The Morgan fingerprint density at radius 3 is 2.31 bits per heavy atom. The molecule has 0 radical (unpaired) electrons. The summed E-state index contributed by atoms with van der Waals surface area (Å²) < 4.78 is 26.2. The van der Waals surface area contributed by atoms with E-state index in [-0.39, 0.29) is 0 Å². The monoisotopic (exact) mass is 271 g/mol. The van der Waals surface area contributed by atoms with Gasteiger partial charge in [0.15, 0.2) is 15.3 Å². The van der Waals surface area contributed by atoms with Gasteiger partial charge in [0, 0.05) is 6.26 Å². The van der Waals surface area contributed by atoms with Crippen LogP contribution in [0.3, 0.4) is 0 Å². The number of hydrogen-bond donors (Lipinski definition) is 1. The zero-order valence-corrected chi connectivity index (χ0v) is 10.1. The quantitative estimate of drug-likeness (QED) is 0.181. The van der Waals surface area contributed by atoms with Gasteiger partial charge in [0.1, 0.15) is 0 Å². The molecule has 1 unspecified atom stereocenters. The molecule has 1 N–H and O–H groups in total. The van der Waals surface area contributed by atoms with E-state index in [2.05, 4.69) is 9.89 Å². The Bertz CT molecular complexity index is 415. The fourth-order valence-electron chi connectivity index (χ4n) is 0.568. The first-order valence-electron chi connectivity index (χ1n) is 3.95. The van der Waals surface area contributed by atoms with Gasteiger partial charge in [-0.1, -0.05) is 5.16 Å². The number of hydrogen-bond acceptors (Lipinski definition) is 7. The molecule has 0 spiro atoms. The number of sulfone groups is 1. The van der Waals surface area contributed by atoms with Gasteiger partial charge >= 0.3 is 5.97 Å². The molecule has 16 heavy (non-hydrogen) atoms. The molecule has 0 aliphatic heterocycles. The second kappa shape index (κ2) is 5.80. The van der Waals surface area contributed by atoms with Crippen LogP contribution in [0.1, 0.15) is 6.92 Å². The van der Waals surface area contributed by atoms with Crippen molar-refractivity contribution in [2.24, 2.45) is 5.16 Å². The van der Waals surface area contributed by atoms with Crippen LogP contribution in [0.4, 0.5) is 0 Å². The highest BCUT2D eigenvalue weighted by Gasteiger charge is 2.27. The van der Waals surface area contributed by atoms with E-state index in [1.807, 2.05) is 0 Å². The van der Waals surface area contributed by atoms with Crippen LogP contribution < -0.4 is 0 Å². The highest BCUT2D eigenvalue weighted by atomic mass is 35.5. The van der Waals surface area contributed by atoms with Crippen molar-refractivity contribution >= 4 is 38.9 Å². The molecule has 92 valence electrons. The smallest absolute Gasteiger partial charge is 0.365 e. The molecule has 0 heterocycles. The Kier molecular flexibility index (Phi) is 5.39. The maximum Gasteiger partial charge on any atom is 0.365 e. The van der Waals surface area contributed by atoms with Crippen molar-refractivity contribution in [3.63, 3.8) is 0 Å². The number of nitrogens with zero attached hydrogens (tertiary/aromatic N) is 1. The van der Waals surface area contributed by atoms with Crippen LogP contribution in [0.15, 0.2) is 5.16 Å². The molecule has 0 aliphatic carbocycles. The molecule has 0 aromatic carbocycles. The van der Waals surface area contributed by atoms with E-state index < -0.39 is 38.6 Å². The van der Waals surface area contributed by atoms with Crippen molar-refractivity contribution in [2.45, 2.75) is 12.4 Å². The highest BCUT2D eigenvalue weighted by Crippen LogP contribution is 2.02. The molecule has 7 nitrogen and oxygen atoms in total. The largest absolute Gasteiger partial charge is 0.441 e. The van der Waals surface area contributed by atoms with Crippen LogP contribution >= 0.6 is 11.6 Å². The van der Waals surface area contributed by atoms with Crippen molar-refractivity contribution in [1.82, 2.24) is 0 Å². The van der Waals surface area contributed by atoms with Gasteiger partial charge in [0.05, 0.1) is 5.88 Å². The topological polar surface area (TPSA) is 110 Å². The van der Waals surface area contributed by atoms with E-state index in [1.165, 1.54) is 0 Å². The number of ether oxygens (including phenoxy) is 1. The molecule has 0 aliphatic rings. The van der Waals surface area contributed by atoms with Gasteiger partial charge in [0.2, 0.25) is 11.5 Å². The molecular weight excluding hydrogens is 262 g/mol.